The predicted molar refractivity (Wildman–Crippen MR) is 91.0 cm³/mol. The second-order valence-corrected chi connectivity index (χ2v) is 5.59. The number of Topliss-reactive ketones (excluding diaryl/α,β-unsaturated/α-hetero) is 1. The van der Waals surface area contributed by atoms with E-state index in [1.165, 1.54) is 23.1 Å². The molecule has 1 aliphatic heterocycles. The Morgan fingerprint density at radius 3 is 2.60 bits per heavy atom. The number of nitrogens with zero attached hydrogens (tertiary/aromatic N) is 2. The SMILES string of the molecule is O=C(CCC(=O)N1CCOc2ccc([N+](=O)[O-])cc21)c1ccccc1. The normalized spacial score (nSPS) is 12.9. The molecular weight excluding hydrogens is 324 g/mol. The van der Waals surface area contributed by atoms with E-state index in [2.05, 4.69) is 0 Å². The molecule has 0 saturated heterocycles. The van der Waals surface area contributed by atoms with E-state index in [0.717, 1.165) is 0 Å². The van der Waals surface area contributed by atoms with Crippen LogP contribution in [-0.4, -0.2) is 29.8 Å². The van der Waals surface area contributed by atoms with Gasteiger partial charge in [-0.15, -0.1) is 0 Å². The Labute approximate surface area is 144 Å². The lowest BCUT2D eigenvalue weighted by molar-refractivity contribution is -0.384. The lowest BCUT2D eigenvalue weighted by Crippen LogP contribution is -2.38. The van der Waals surface area contributed by atoms with Crippen molar-refractivity contribution < 1.29 is 19.2 Å². The van der Waals surface area contributed by atoms with Crippen LogP contribution in [0.3, 0.4) is 0 Å². The smallest absolute Gasteiger partial charge is 0.271 e. The van der Waals surface area contributed by atoms with Gasteiger partial charge in [0.05, 0.1) is 17.2 Å². The minimum atomic E-state index is -0.517. The van der Waals surface area contributed by atoms with Crippen LogP contribution in [0.5, 0.6) is 5.75 Å². The molecule has 7 nitrogen and oxygen atoms in total. The summed E-state index contributed by atoms with van der Waals surface area (Å²) in [4.78, 5) is 36.5. The molecule has 0 aromatic heterocycles. The molecule has 0 N–H and O–H groups in total. The van der Waals surface area contributed by atoms with E-state index < -0.39 is 4.92 Å². The fourth-order valence-corrected chi connectivity index (χ4v) is 2.70. The number of rotatable bonds is 5. The molecule has 1 aliphatic rings. The van der Waals surface area contributed by atoms with E-state index in [1.54, 1.807) is 24.3 Å². The molecule has 25 heavy (non-hydrogen) atoms. The van der Waals surface area contributed by atoms with Crippen LogP contribution >= 0.6 is 0 Å². The third-order valence-electron chi connectivity index (χ3n) is 3.98. The highest BCUT2D eigenvalue weighted by Crippen LogP contribution is 2.35. The van der Waals surface area contributed by atoms with Crippen molar-refractivity contribution in [1.29, 1.82) is 0 Å². The van der Waals surface area contributed by atoms with Crippen LogP contribution in [-0.2, 0) is 4.79 Å². The molecule has 0 saturated carbocycles. The highest BCUT2D eigenvalue weighted by Gasteiger charge is 2.26. The van der Waals surface area contributed by atoms with Gasteiger partial charge in [-0.2, -0.15) is 0 Å². The summed E-state index contributed by atoms with van der Waals surface area (Å²) in [5.74, 6) is 0.0652. The molecule has 3 rings (SSSR count). The number of non-ortho nitro benzene ring substituents is 1. The first-order valence-electron chi connectivity index (χ1n) is 7.86. The van der Waals surface area contributed by atoms with Crippen LogP contribution < -0.4 is 9.64 Å². The molecule has 0 radical (unpaired) electrons. The highest BCUT2D eigenvalue weighted by atomic mass is 16.6. The van der Waals surface area contributed by atoms with Crippen LogP contribution in [0.4, 0.5) is 11.4 Å². The number of ether oxygens (including phenoxy) is 1. The molecule has 2 aromatic rings. The zero-order chi connectivity index (χ0) is 17.8. The molecule has 0 bridgehead atoms. The van der Waals surface area contributed by atoms with Crippen molar-refractivity contribution in [1.82, 2.24) is 0 Å². The van der Waals surface area contributed by atoms with E-state index >= 15 is 0 Å². The van der Waals surface area contributed by atoms with E-state index in [1.807, 2.05) is 6.07 Å². The van der Waals surface area contributed by atoms with Crippen LogP contribution in [0.1, 0.15) is 23.2 Å². The number of amides is 1. The minimum Gasteiger partial charge on any atom is -0.490 e. The van der Waals surface area contributed by atoms with Crippen LogP contribution in [0.2, 0.25) is 0 Å². The number of carbonyl (C=O) groups is 2. The average Bonchev–Trinajstić information content (AvgIpc) is 2.65. The van der Waals surface area contributed by atoms with Gasteiger partial charge < -0.3 is 9.64 Å². The number of benzene rings is 2. The van der Waals surface area contributed by atoms with Gasteiger partial charge in [0.1, 0.15) is 12.4 Å². The maximum absolute atomic E-state index is 12.5. The van der Waals surface area contributed by atoms with Crippen molar-refractivity contribution in [2.24, 2.45) is 0 Å². The lowest BCUT2D eigenvalue weighted by atomic mass is 10.1. The second kappa shape index (κ2) is 7.12. The van der Waals surface area contributed by atoms with Crippen molar-refractivity contribution in [3.63, 3.8) is 0 Å². The molecular formula is C18H16N2O5. The van der Waals surface area contributed by atoms with Crippen molar-refractivity contribution in [2.75, 3.05) is 18.1 Å². The molecule has 2 aromatic carbocycles. The maximum atomic E-state index is 12.5. The fraction of sp³-hybridized carbons (Fsp3) is 0.222. The summed E-state index contributed by atoms with van der Waals surface area (Å²) in [6, 6.07) is 12.9. The lowest BCUT2D eigenvalue weighted by Gasteiger charge is -2.29. The van der Waals surface area contributed by atoms with Gasteiger partial charge in [0.25, 0.3) is 5.69 Å². The first-order valence-corrected chi connectivity index (χ1v) is 7.86. The Kier molecular flexibility index (Phi) is 4.74. The van der Waals surface area contributed by atoms with Crippen molar-refractivity contribution in [2.45, 2.75) is 12.8 Å². The number of carbonyl (C=O) groups excluding carboxylic acids is 2. The minimum absolute atomic E-state index is 0.0376. The van der Waals surface area contributed by atoms with Gasteiger partial charge in [-0.3, -0.25) is 19.7 Å². The summed E-state index contributed by atoms with van der Waals surface area (Å²) < 4.78 is 5.45. The quantitative estimate of drug-likeness (QED) is 0.474. The Morgan fingerprint density at radius 2 is 1.88 bits per heavy atom. The van der Waals surface area contributed by atoms with Gasteiger partial charge in [-0.1, -0.05) is 30.3 Å². The fourth-order valence-electron chi connectivity index (χ4n) is 2.70. The zero-order valence-corrected chi connectivity index (χ0v) is 13.4. The number of hydrogen-bond donors (Lipinski definition) is 0. The molecule has 0 aliphatic carbocycles. The first kappa shape index (κ1) is 16.6. The maximum Gasteiger partial charge on any atom is 0.271 e. The predicted octanol–water partition coefficient (Wildman–Crippen LogP) is 2.98. The summed E-state index contributed by atoms with van der Waals surface area (Å²) in [5.41, 5.74) is 0.827. The zero-order valence-electron chi connectivity index (χ0n) is 13.4. The van der Waals surface area contributed by atoms with E-state index in [9.17, 15) is 19.7 Å². The third kappa shape index (κ3) is 3.65. The van der Waals surface area contributed by atoms with Crippen molar-refractivity contribution >= 4 is 23.1 Å². The molecule has 0 unspecified atom stereocenters. The van der Waals surface area contributed by atoms with Gasteiger partial charge in [0, 0.05) is 30.5 Å². The molecule has 0 spiro atoms. The largest absolute Gasteiger partial charge is 0.490 e. The molecule has 7 heteroatoms. The average molecular weight is 340 g/mol. The number of hydrogen-bond acceptors (Lipinski definition) is 5. The number of fused-ring (bicyclic) bond motifs is 1. The van der Waals surface area contributed by atoms with E-state index in [-0.39, 0.29) is 30.2 Å². The van der Waals surface area contributed by atoms with Crippen LogP contribution in [0, 0.1) is 10.1 Å². The van der Waals surface area contributed by atoms with Crippen molar-refractivity contribution in [3.05, 3.63) is 64.2 Å². The topological polar surface area (TPSA) is 89.8 Å². The van der Waals surface area contributed by atoms with Crippen LogP contribution in [0.25, 0.3) is 0 Å². The second-order valence-electron chi connectivity index (χ2n) is 5.59. The van der Waals surface area contributed by atoms with Gasteiger partial charge in [0.15, 0.2) is 5.78 Å². The Morgan fingerprint density at radius 1 is 1.12 bits per heavy atom. The number of nitro groups is 1. The Hall–Kier alpha value is -3.22. The van der Waals surface area contributed by atoms with Gasteiger partial charge in [-0.05, 0) is 6.07 Å². The summed E-state index contributed by atoms with van der Waals surface area (Å²) in [6.07, 6.45) is 0.125. The number of ketones is 1. The highest BCUT2D eigenvalue weighted by molar-refractivity contribution is 6.01. The number of anilines is 1. The van der Waals surface area contributed by atoms with Crippen molar-refractivity contribution in [3.8, 4) is 5.75 Å². The Bertz CT molecular complexity index is 819. The Balaban J connectivity index is 1.72. The monoisotopic (exact) mass is 340 g/mol. The molecule has 1 heterocycles. The van der Waals surface area contributed by atoms with E-state index in [4.69, 9.17) is 4.74 Å². The summed E-state index contributed by atoms with van der Waals surface area (Å²) in [5, 5.41) is 11.0. The van der Waals surface area contributed by atoms with E-state index in [0.29, 0.717) is 30.2 Å². The summed E-state index contributed by atoms with van der Waals surface area (Å²) in [6.45, 7) is 0.607. The summed E-state index contributed by atoms with van der Waals surface area (Å²) >= 11 is 0. The first-order chi connectivity index (χ1) is 12.1. The third-order valence-corrected chi connectivity index (χ3v) is 3.98. The molecule has 128 valence electrons. The summed E-state index contributed by atoms with van der Waals surface area (Å²) in [7, 11) is 0. The number of nitro benzene ring substituents is 1. The van der Waals surface area contributed by atoms with Gasteiger partial charge in [0.2, 0.25) is 5.91 Å². The molecule has 0 atom stereocenters. The van der Waals surface area contributed by atoms with Gasteiger partial charge >= 0.3 is 0 Å². The van der Waals surface area contributed by atoms with Crippen LogP contribution in [0.15, 0.2) is 48.5 Å². The molecule has 1 amide bonds. The molecule has 0 fully saturated rings. The standard InChI is InChI=1S/C18H16N2O5/c21-16(13-4-2-1-3-5-13)7-9-18(22)19-10-11-25-17-8-6-14(20(23)24)12-15(17)19/h1-6,8,12H,7,9-11H2. The van der Waals surface area contributed by atoms with Gasteiger partial charge in [-0.25, -0.2) is 0 Å².